The van der Waals surface area contributed by atoms with Gasteiger partial charge in [0.1, 0.15) is 11.5 Å². The molecule has 4 nitrogen and oxygen atoms in total. The van der Waals surface area contributed by atoms with Gasteiger partial charge in [-0.3, -0.25) is 4.79 Å². The predicted octanol–water partition coefficient (Wildman–Crippen LogP) is 4.56. The molecule has 2 N–H and O–H groups in total. The van der Waals surface area contributed by atoms with Crippen LogP contribution in [0.25, 0.3) is 0 Å². The molecule has 30 heavy (non-hydrogen) atoms. The lowest BCUT2D eigenvalue weighted by atomic mass is 9.68. The normalized spacial score (nSPS) is 12.0. The van der Waals surface area contributed by atoms with Gasteiger partial charge < -0.3 is 10.4 Å². The molecule has 3 aromatic carbocycles. The first-order valence-electron chi connectivity index (χ1n) is 9.92. The van der Waals surface area contributed by atoms with Crippen LogP contribution in [0.15, 0.2) is 104 Å². The van der Waals surface area contributed by atoms with Crippen molar-refractivity contribution >= 4 is 11.9 Å². The van der Waals surface area contributed by atoms with Gasteiger partial charge in [-0.25, -0.2) is 4.79 Å². The van der Waals surface area contributed by atoms with Crippen molar-refractivity contribution in [3.63, 3.8) is 0 Å². The first-order chi connectivity index (χ1) is 14.6. The maximum Gasteiger partial charge on any atom is 0.326 e. The summed E-state index contributed by atoms with van der Waals surface area (Å²) in [5, 5.41) is 12.5. The zero-order chi connectivity index (χ0) is 21.4. The van der Waals surface area contributed by atoms with Gasteiger partial charge in [-0.05, 0) is 29.5 Å². The fraction of sp³-hybridized carbons (Fsp3) is 0.154. The summed E-state index contributed by atoms with van der Waals surface area (Å²) < 4.78 is 0. The van der Waals surface area contributed by atoms with E-state index in [4.69, 9.17) is 0 Å². The van der Waals surface area contributed by atoms with E-state index in [2.05, 4.69) is 11.9 Å². The maximum atomic E-state index is 13.9. The van der Waals surface area contributed by atoms with Crippen LogP contribution < -0.4 is 5.32 Å². The van der Waals surface area contributed by atoms with Crippen LogP contribution in [0, 0.1) is 0 Å². The van der Waals surface area contributed by atoms with Gasteiger partial charge in [0, 0.05) is 0 Å². The van der Waals surface area contributed by atoms with Crippen LogP contribution in [0.1, 0.15) is 29.5 Å². The van der Waals surface area contributed by atoms with Gasteiger partial charge in [0.25, 0.3) is 0 Å². The molecule has 0 aliphatic heterocycles. The van der Waals surface area contributed by atoms with Crippen molar-refractivity contribution in [3.8, 4) is 0 Å². The Labute approximate surface area is 176 Å². The minimum absolute atomic E-state index is 0.277. The van der Waals surface area contributed by atoms with Crippen molar-refractivity contribution in [2.75, 3.05) is 0 Å². The molecule has 3 rings (SSSR count). The quantitative estimate of drug-likeness (QED) is 0.410. The summed E-state index contributed by atoms with van der Waals surface area (Å²) >= 11 is 0. The van der Waals surface area contributed by atoms with Crippen molar-refractivity contribution < 1.29 is 14.7 Å². The largest absolute Gasteiger partial charge is 0.480 e. The van der Waals surface area contributed by atoms with Gasteiger partial charge in [0.15, 0.2) is 0 Å². The van der Waals surface area contributed by atoms with Crippen LogP contribution in [-0.2, 0) is 15.0 Å². The molecule has 1 amide bonds. The van der Waals surface area contributed by atoms with Crippen LogP contribution in [0.2, 0.25) is 0 Å². The van der Waals surface area contributed by atoms with Gasteiger partial charge in [-0.1, -0.05) is 97.1 Å². The molecule has 0 aliphatic carbocycles. The molecule has 0 aromatic heterocycles. The van der Waals surface area contributed by atoms with Crippen LogP contribution in [0.3, 0.4) is 0 Å². The molecule has 4 heteroatoms. The van der Waals surface area contributed by atoms with Crippen LogP contribution in [0.4, 0.5) is 0 Å². The average Bonchev–Trinajstić information content (AvgIpc) is 2.79. The summed E-state index contributed by atoms with van der Waals surface area (Å²) in [7, 11) is 0. The molecule has 152 valence electrons. The number of hydrogen-bond donors (Lipinski definition) is 2. The molecule has 0 bridgehead atoms. The molecule has 0 saturated heterocycles. The van der Waals surface area contributed by atoms with Crippen molar-refractivity contribution in [2.45, 2.75) is 24.3 Å². The summed E-state index contributed by atoms with van der Waals surface area (Å²) in [6.45, 7) is 3.66. The number of carboxylic acid groups (broad SMARTS) is 1. The Bertz CT molecular complexity index is 888. The number of allylic oxidation sites excluding steroid dienone is 1. The zero-order valence-electron chi connectivity index (χ0n) is 16.7. The number of nitrogens with one attached hydrogen (secondary N) is 1. The minimum Gasteiger partial charge on any atom is -0.480 e. The second-order valence-electron chi connectivity index (χ2n) is 7.08. The number of hydrogen-bond acceptors (Lipinski definition) is 2. The first kappa shape index (κ1) is 21.1. The Kier molecular flexibility index (Phi) is 6.81. The molecule has 1 atom stereocenters. The fourth-order valence-electron chi connectivity index (χ4n) is 3.77. The topological polar surface area (TPSA) is 66.4 Å². The van der Waals surface area contributed by atoms with E-state index < -0.39 is 17.4 Å². The minimum atomic E-state index is -1.19. The van der Waals surface area contributed by atoms with E-state index in [0.29, 0.717) is 6.42 Å². The standard InChI is InChI=1S/C26H25NO3/c1-2-3-19-23(24(28)29)27-25(30)26(20-13-7-4-8-14-20,21-15-9-5-10-16-21)22-17-11-6-12-18-22/h2,4-18,23H,1,3,19H2,(H,27,30)(H,28,29)/t23-/m0/s1. The Morgan fingerprint density at radius 1 is 0.833 bits per heavy atom. The van der Waals surface area contributed by atoms with Gasteiger partial charge in [-0.2, -0.15) is 0 Å². The Hall–Kier alpha value is -3.66. The van der Waals surface area contributed by atoms with E-state index >= 15 is 0 Å². The molecule has 0 fully saturated rings. The zero-order valence-corrected chi connectivity index (χ0v) is 16.7. The molecular weight excluding hydrogens is 374 g/mol. The molecule has 0 unspecified atom stereocenters. The van der Waals surface area contributed by atoms with Crippen molar-refractivity contribution in [3.05, 3.63) is 120 Å². The number of aliphatic carboxylic acids is 1. The van der Waals surface area contributed by atoms with E-state index in [9.17, 15) is 14.7 Å². The summed E-state index contributed by atoms with van der Waals surface area (Å²) in [6.07, 6.45) is 2.42. The highest BCUT2D eigenvalue weighted by molar-refractivity contribution is 5.98. The number of rotatable bonds is 9. The Balaban J connectivity index is 2.22. The third kappa shape index (κ3) is 4.18. The SMILES string of the molecule is C=CCC[C@H](NC(=O)C(c1ccccc1)(c1ccccc1)c1ccccc1)C(=O)O. The highest BCUT2D eigenvalue weighted by Crippen LogP contribution is 2.39. The Morgan fingerprint density at radius 2 is 1.23 bits per heavy atom. The van der Waals surface area contributed by atoms with Crippen molar-refractivity contribution in [1.29, 1.82) is 0 Å². The number of carbonyl (C=O) groups is 2. The van der Waals surface area contributed by atoms with Gasteiger partial charge in [-0.15, -0.1) is 6.58 Å². The molecule has 0 spiro atoms. The van der Waals surface area contributed by atoms with Crippen LogP contribution >= 0.6 is 0 Å². The third-order valence-corrected chi connectivity index (χ3v) is 5.22. The summed E-state index contributed by atoms with van der Waals surface area (Å²) in [5.74, 6) is -1.43. The second kappa shape index (κ2) is 9.70. The summed E-state index contributed by atoms with van der Waals surface area (Å²) in [6, 6.07) is 27.4. The molecule has 0 heterocycles. The number of carboxylic acids is 1. The molecule has 0 radical (unpaired) electrons. The smallest absolute Gasteiger partial charge is 0.326 e. The third-order valence-electron chi connectivity index (χ3n) is 5.22. The first-order valence-corrected chi connectivity index (χ1v) is 9.92. The highest BCUT2D eigenvalue weighted by Gasteiger charge is 2.44. The van der Waals surface area contributed by atoms with Crippen LogP contribution in [0.5, 0.6) is 0 Å². The van der Waals surface area contributed by atoms with E-state index in [1.54, 1.807) is 6.08 Å². The van der Waals surface area contributed by atoms with E-state index in [-0.39, 0.29) is 12.3 Å². The number of carbonyl (C=O) groups excluding carboxylic acids is 1. The molecular formula is C26H25NO3. The molecule has 0 aliphatic rings. The fourth-order valence-corrected chi connectivity index (χ4v) is 3.77. The van der Waals surface area contributed by atoms with Crippen molar-refractivity contribution in [2.24, 2.45) is 0 Å². The monoisotopic (exact) mass is 399 g/mol. The lowest BCUT2D eigenvalue weighted by Gasteiger charge is -2.35. The summed E-state index contributed by atoms with van der Waals surface area (Å²) in [4.78, 5) is 25.8. The summed E-state index contributed by atoms with van der Waals surface area (Å²) in [5.41, 5.74) is 1.12. The Morgan fingerprint density at radius 3 is 1.57 bits per heavy atom. The molecule has 3 aromatic rings. The van der Waals surface area contributed by atoms with Gasteiger partial charge in [0.05, 0.1) is 0 Å². The van der Waals surface area contributed by atoms with Gasteiger partial charge >= 0.3 is 5.97 Å². The molecule has 0 saturated carbocycles. The van der Waals surface area contributed by atoms with E-state index in [1.807, 2.05) is 91.0 Å². The number of amides is 1. The number of benzene rings is 3. The van der Waals surface area contributed by atoms with Crippen molar-refractivity contribution in [1.82, 2.24) is 5.32 Å². The predicted molar refractivity (Wildman–Crippen MR) is 118 cm³/mol. The van der Waals surface area contributed by atoms with E-state index in [1.165, 1.54) is 0 Å². The maximum absolute atomic E-state index is 13.9. The van der Waals surface area contributed by atoms with E-state index in [0.717, 1.165) is 16.7 Å². The highest BCUT2D eigenvalue weighted by atomic mass is 16.4. The lowest BCUT2D eigenvalue weighted by molar-refractivity contribution is -0.142. The lowest BCUT2D eigenvalue weighted by Crippen LogP contribution is -2.51. The van der Waals surface area contributed by atoms with Gasteiger partial charge in [0.2, 0.25) is 5.91 Å². The average molecular weight is 399 g/mol. The van der Waals surface area contributed by atoms with Crippen LogP contribution in [-0.4, -0.2) is 23.0 Å². The second-order valence-corrected chi connectivity index (χ2v) is 7.08.